The molecule has 0 aliphatic carbocycles. The lowest BCUT2D eigenvalue weighted by molar-refractivity contribution is -0.117. The molecule has 0 atom stereocenters. The van der Waals surface area contributed by atoms with E-state index in [4.69, 9.17) is 9.47 Å². The molecule has 1 amide bonds. The van der Waals surface area contributed by atoms with E-state index in [0.29, 0.717) is 13.1 Å². The van der Waals surface area contributed by atoms with Crippen LogP contribution in [0, 0.1) is 0 Å². The van der Waals surface area contributed by atoms with Gasteiger partial charge in [-0.1, -0.05) is 36.4 Å². The third-order valence-corrected chi connectivity index (χ3v) is 4.34. The zero-order chi connectivity index (χ0) is 17.9. The van der Waals surface area contributed by atoms with Gasteiger partial charge in [0.1, 0.15) is 0 Å². The molecule has 1 aliphatic rings. The Kier molecular flexibility index (Phi) is 4.46. The van der Waals surface area contributed by atoms with E-state index in [1.165, 1.54) is 0 Å². The van der Waals surface area contributed by atoms with Crippen LogP contribution < -0.4 is 14.8 Å². The van der Waals surface area contributed by atoms with E-state index >= 15 is 0 Å². The number of carbonyl (C=O) groups is 1. The van der Waals surface area contributed by atoms with Crippen molar-refractivity contribution in [2.24, 2.45) is 0 Å². The van der Waals surface area contributed by atoms with Gasteiger partial charge in [-0.2, -0.15) is 0 Å². The van der Waals surface area contributed by atoms with Gasteiger partial charge in [0.25, 0.3) is 0 Å². The number of nitrogens with zero attached hydrogens (tertiary/aromatic N) is 1. The van der Waals surface area contributed by atoms with Crippen LogP contribution in [0.15, 0.2) is 60.7 Å². The van der Waals surface area contributed by atoms with E-state index in [9.17, 15) is 4.79 Å². The summed E-state index contributed by atoms with van der Waals surface area (Å²) < 4.78 is 10.7. The van der Waals surface area contributed by atoms with E-state index in [-0.39, 0.29) is 12.7 Å². The van der Waals surface area contributed by atoms with Gasteiger partial charge in [0.15, 0.2) is 11.5 Å². The molecule has 0 bridgehead atoms. The smallest absolute Gasteiger partial charge is 0.238 e. The van der Waals surface area contributed by atoms with E-state index in [2.05, 4.69) is 11.4 Å². The normalized spacial score (nSPS) is 12.5. The highest BCUT2D eigenvalue weighted by Crippen LogP contribution is 2.32. The highest BCUT2D eigenvalue weighted by Gasteiger charge is 2.14. The van der Waals surface area contributed by atoms with E-state index in [1.807, 2.05) is 66.5 Å². The number of fused-ring (bicyclic) bond motifs is 2. The number of amides is 1. The van der Waals surface area contributed by atoms with Gasteiger partial charge in [-0.05, 0) is 47.6 Å². The third kappa shape index (κ3) is 3.63. The second-order valence-corrected chi connectivity index (χ2v) is 6.47. The van der Waals surface area contributed by atoms with Gasteiger partial charge in [-0.25, -0.2) is 0 Å². The standard InChI is InChI=1S/C21H20N2O3/c1-23(12-15-6-9-19-20(10-15)26-14-25-19)13-21(24)22-18-8-7-16-4-2-3-5-17(16)11-18/h2-11H,12-14H2,1H3,(H,22,24). The minimum Gasteiger partial charge on any atom is -0.454 e. The number of hydrogen-bond donors (Lipinski definition) is 1. The van der Waals surface area contributed by atoms with Crippen LogP contribution in [0.2, 0.25) is 0 Å². The Bertz CT molecular complexity index is 955. The first kappa shape index (κ1) is 16.4. The van der Waals surface area contributed by atoms with Gasteiger partial charge in [-0.3, -0.25) is 9.69 Å². The molecular weight excluding hydrogens is 328 g/mol. The molecule has 0 saturated heterocycles. The summed E-state index contributed by atoms with van der Waals surface area (Å²) in [5.74, 6) is 1.49. The van der Waals surface area contributed by atoms with Gasteiger partial charge in [0.2, 0.25) is 12.7 Å². The summed E-state index contributed by atoms with van der Waals surface area (Å²) in [6.45, 7) is 1.23. The number of benzene rings is 3. The fraction of sp³-hybridized carbons (Fsp3) is 0.190. The van der Waals surface area contributed by atoms with Crippen molar-refractivity contribution in [1.29, 1.82) is 0 Å². The molecule has 26 heavy (non-hydrogen) atoms. The highest BCUT2D eigenvalue weighted by molar-refractivity contribution is 5.95. The van der Waals surface area contributed by atoms with Crippen LogP contribution in [0.25, 0.3) is 10.8 Å². The lowest BCUT2D eigenvalue weighted by Crippen LogP contribution is -2.29. The lowest BCUT2D eigenvalue weighted by Gasteiger charge is -2.16. The Labute approximate surface area is 152 Å². The van der Waals surface area contributed by atoms with Gasteiger partial charge in [0.05, 0.1) is 6.54 Å². The fourth-order valence-corrected chi connectivity index (χ4v) is 3.12. The first-order valence-electron chi connectivity index (χ1n) is 8.53. The van der Waals surface area contributed by atoms with Gasteiger partial charge in [-0.15, -0.1) is 0 Å². The van der Waals surface area contributed by atoms with Crippen LogP contribution in [-0.2, 0) is 11.3 Å². The molecule has 0 saturated carbocycles. The molecule has 5 heteroatoms. The van der Waals surface area contributed by atoms with Crippen LogP contribution in [0.5, 0.6) is 11.5 Å². The van der Waals surface area contributed by atoms with Crippen molar-refractivity contribution in [1.82, 2.24) is 4.90 Å². The molecule has 3 aromatic carbocycles. The number of likely N-dealkylation sites (N-methyl/N-ethyl adjacent to an activating group) is 1. The minimum absolute atomic E-state index is 0.0384. The summed E-state index contributed by atoms with van der Waals surface area (Å²) in [5, 5.41) is 5.24. The lowest BCUT2D eigenvalue weighted by atomic mass is 10.1. The molecule has 5 nitrogen and oxygen atoms in total. The molecule has 1 aliphatic heterocycles. The average molecular weight is 348 g/mol. The molecular formula is C21H20N2O3. The molecule has 4 rings (SSSR count). The van der Waals surface area contributed by atoms with Crippen molar-refractivity contribution in [3.63, 3.8) is 0 Å². The zero-order valence-corrected chi connectivity index (χ0v) is 14.6. The van der Waals surface area contributed by atoms with E-state index in [1.54, 1.807) is 0 Å². The van der Waals surface area contributed by atoms with Crippen LogP contribution in [0.3, 0.4) is 0 Å². The molecule has 132 valence electrons. The highest BCUT2D eigenvalue weighted by atomic mass is 16.7. The number of ether oxygens (including phenoxy) is 2. The molecule has 0 fully saturated rings. The number of carbonyl (C=O) groups excluding carboxylic acids is 1. The van der Waals surface area contributed by atoms with Crippen molar-refractivity contribution >= 4 is 22.4 Å². The minimum atomic E-state index is -0.0384. The van der Waals surface area contributed by atoms with Crippen molar-refractivity contribution in [2.75, 3.05) is 25.7 Å². The molecule has 0 aromatic heterocycles. The Morgan fingerprint density at radius 2 is 1.81 bits per heavy atom. The first-order valence-corrected chi connectivity index (χ1v) is 8.53. The molecule has 0 spiro atoms. The molecule has 1 heterocycles. The van der Waals surface area contributed by atoms with Crippen LogP contribution in [0.4, 0.5) is 5.69 Å². The van der Waals surface area contributed by atoms with Gasteiger partial charge in [0, 0.05) is 12.2 Å². The second kappa shape index (κ2) is 7.06. The number of anilines is 1. The number of rotatable bonds is 5. The largest absolute Gasteiger partial charge is 0.454 e. The first-order chi connectivity index (χ1) is 12.7. The van der Waals surface area contributed by atoms with Crippen LogP contribution in [0.1, 0.15) is 5.56 Å². The summed E-state index contributed by atoms with van der Waals surface area (Å²) in [4.78, 5) is 14.3. The van der Waals surface area contributed by atoms with E-state index in [0.717, 1.165) is 33.5 Å². The number of nitrogens with one attached hydrogen (secondary N) is 1. The Hall–Kier alpha value is -3.05. The predicted molar refractivity (Wildman–Crippen MR) is 101 cm³/mol. The quantitative estimate of drug-likeness (QED) is 0.765. The molecule has 1 N–H and O–H groups in total. The van der Waals surface area contributed by atoms with Gasteiger partial charge >= 0.3 is 0 Å². The average Bonchev–Trinajstić information content (AvgIpc) is 3.09. The SMILES string of the molecule is CN(CC(=O)Nc1ccc2ccccc2c1)Cc1ccc2c(c1)OCO2. The van der Waals surface area contributed by atoms with Crippen LogP contribution in [-0.4, -0.2) is 31.2 Å². The Morgan fingerprint density at radius 1 is 1.00 bits per heavy atom. The molecule has 0 unspecified atom stereocenters. The maximum atomic E-state index is 12.3. The number of hydrogen-bond acceptors (Lipinski definition) is 4. The van der Waals surface area contributed by atoms with Crippen molar-refractivity contribution in [2.45, 2.75) is 6.54 Å². The third-order valence-electron chi connectivity index (χ3n) is 4.34. The summed E-state index contributed by atoms with van der Waals surface area (Å²) in [5.41, 5.74) is 1.89. The summed E-state index contributed by atoms with van der Waals surface area (Å²) >= 11 is 0. The second-order valence-electron chi connectivity index (χ2n) is 6.47. The van der Waals surface area contributed by atoms with Crippen molar-refractivity contribution in [3.8, 4) is 11.5 Å². The van der Waals surface area contributed by atoms with Crippen LogP contribution >= 0.6 is 0 Å². The van der Waals surface area contributed by atoms with E-state index < -0.39 is 0 Å². The Balaban J connectivity index is 1.36. The van der Waals surface area contributed by atoms with Crippen molar-refractivity contribution in [3.05, 3.63) is 66.2 Å². The maximum absolute atomic E-state index is 12.3. The van der Waals surface area contributed by atoms with Crippen molar-refractivity contribution < 1.29 is 14.3 Å². The monoisotopic (exact) mass is 348 g/mol. The zero-order valence-electron chi connectivity index (χ0n) is 14.6. The Morgan fingerprint density at radius 3 is 2.69 bits per heavy atom. The fourth-order valence-electron chi connectivity index (χ4n) is 3.12. The topological polar surface area (TPSA) is 50.8 Å². The maximum Gasteiger partial charge on any atom is 0.238 e. The summed E-state index contributed by atoms with van der Waals surface area (Å²) in [6, 6.07) is 19.9. The van der Waals surface area contributed by atoms with Gasteiger partial charge < -0.3 is 14.8 Å². The molecule has 0 radical (unpaired) electrons. The predicted octanol–water partition coefficient (Wildman–Crippen LogP) is 3.64. The summed E-state index contributed by atoms with van der Waals surface area (Å²) in [7, 11) is 1.92. The summed E-state index contributed by atoms with van der Waals surface area (Å²) in [6.07, 6.45) is 0. The molecule has 3 aromatic rings.